The van der Waals surface area contributed by atoms with Crippen molar-refractivity contribution < 1.29 is 31.4 Å². The van der Waals surface area contributed by atoms with Gasteiger partial charge in [-0.1, -0.05) is 42.5 Å². The van der Waals surface area contributed by atoms with E-state index >= 15 is 0 Å². The molecule has 0 saturated carbocycles. The Morgan fingerprint density at radius 3 is 1.22 bits per heavy atom. The topological polar surface area (TPSA) is 128 Å². The summed E-state index contributed by atoms with van der Waals surface area (Å²) in [5, 5.41) is 13.6. The number of hydrogen-bond acceptors (Lipinski definition) is 9. The summed E-state index contributed by atoms with van der Waals surface area (Å²) >= 11 is 9.54. The van der Waals surface area contributed by atoms with Crippen molar-refractivity contribution >= 4 is 25.3 Å². The molecule has 9 nitrogen and oxygen atoms in total. The van der Waals surface area contributed by atoms with Gasteiger partial charge in [0.05, 0.1) is 22.8 Å². The van der Waals surface area contributed by atoms with Crippen LogP contribution in [0.5, 0.6) is 0 Å². The number of aromatic nitrogens is 5. The van der Waals surface area contributed by atoms with Gasteiger partial charge < -0.3 is 30.5 Å². The van der Waals surface area contributed by atoms with Gasteiger partial charge in [-0.3, -0.25) is 19.9 Å². The quantitative estimate of drug-likeness (QED) is 0.155. The Labute approximate surface area is 239 Å². The molecule has 0 amide bonds. The first-order chi connectivity index (χ1) is 17.5. The van der Waals surface area contributed by atoms with Crippen LogP contribution >= 0.6 is 0 Å². The van der Waals surface area contributed by atoms with Gasteiger partial charge in [0.15, 0.2) is 0 Å². The van der Waals surface area contributed by atoms with E-state index < -0.39 is 5.09 Å². The molecule has 0 spiro atoms. The Morgan fingerprint density at radius 1 is 0.595 bits per heavy atom. The van der Waals surface area contributed by atoms with Crippen molar-refractivity contribution in [3.63, 3.8) is 0 Å². The molecule has 0 fully saturated rings. The summed E-state index contributed by atoms with van der Waals surface area (Å²) in [5.74, 6) is 0. The monoisotopic (exact) mass is 711 g/mol. The Balaban J connectivity index is 0.000000298. The fraction of sp³-hybridized carbons (Fsp3) is 0. The Kier molecular flexibility index (Phi) is 15.4. The van der Waals surface area contributed by atoms with Crippen molar-refractivity contribution in [1.29, 1.82) is 0 Å². The predicted octanol–water partition coefficient (Wildman–Crippen LogP) is 4.83. The van der Waals surface area contributed by atoms with E-state index in [1.54, 1.807) is 61.4 Å². The Bertz CT molecular complexity index is 1200. The van der Waals surface area contributed by atoms with Gasteiger partial charge in [-0.25, -0.2) is 4.98 Å². The van der Waals surface area contributed by atoms with Crippen molar-refractivity contribution in [2.45, 2.75) is 9.79 Å². The van der Waals surface area contributed by atoms with Gasteiger partial charge in [-0.05, 0) is 36.4 Å². The zero-order chi connectivity index (χ0) is 26.0. The van der Waals surface area contributed by atoms with E-state index in [-0.39, 0.29) is 21.1 Å². The van der Waals surface area contributed by atoms with Gasteiger partial charge in [0.25, 0.3) is 5.09 Å². The van der Waals surface area contributed by atoms with Gasteiger partial charge >= 0.3 is 21.1 Å². The molecule has 0 radical (unpaired) electrons. The van der Waals surface area contributed by atoms with Crippen LogP contribution in [0.4, 0.5) is 0 Å². The third kappa shape index (κ3) is 13.7. The average molecular weight is 712 g/mol. The van der Waals surface area contributed by atoms with Crippen molar-refractivity contribution in [2.24, 2.45) is 0 Å². The first-order valence-electron chi connectivity index (χ1n) is 10.2. The van der Waals surface area contributed by atoms with Gasteiger partial charge in [0, 0.05) is 37.2 Å². The van der Waals surface area contributed by atoms with E-state index in [4.69, 9.17) is 40.6 Å². The molecular weight excluding hydrogens is 692 g/mol. The average Bonchev–Trinajstić information content (AvgIpc) is 2.91. The van der Waals surface area contributed by atoms with Crippen LogP contribution in [-0.2, 0) is 46.3 Å². The minimum Gasteiger partial charge on any atom is -0.780 e. The maximum atomic E-state index is 8.36. The SMILES string of the molecule is O=[N+]([O-])O.[Pt+2].[S-]c1ccncc1.[S-]c1ccncc1.c1ccc(-c2cccc(-c3ccccn3)n2)nc1. The molecule has 0 atom stereocenters. The largest absolute Gasteiger partial charge is 2.00 e. The summed E-state index contributed by atoms with van der Waals surface area (Å²) in [5.41, 5.74) is 3.46. The molecular formula is C25H20N6O3PtS2. The number of pyridine rings is 5. The second-order valence-corrected chi connectivity index (χ2v) is 7.38. The molecule has 5 aromatic heterocycles. The van der Waals surface area contributed by atoms with Gasteiger partial charge in [-0.2, -0.15) is 9.79 Å². The van der Waals surface area contributed by atoms with E-state index in [1.165, 1.54) is 0 Å². The second-order valence-electron chi connectivity index (χ2n) is 6.44. The molecule has 12 heteroatoms. The zero-order valence-corrected chi connectivity index (χ0v) is 23.0. The standard InChI is InChI=1S/C15H11N3.2C5H5NS.HNO3.Pt/c1-3-10-16-12(6-1)14-8-5-9-15(18-14)13-7-2-4-11-17-13;2*7-5-1-3-6-4-2-5;2-1(3)4;/h1-11H;2*1-4H,(H,6,7);(H,2,3,4);/q;;;;+2/p-2. The predicted molar refractivity (Wildman–Crippen MR) is 139 cm³/mol. The minimum atomic E-state index is -1.50. The van der Waals surface area contributed by atoms with Crippen molar-refractivity contribution in [2.75, 3.05) is 0 Å². The molecule has 0 saturated heterocycles. The number of hydrogen-bond donors (Lipinski definition) is 1. The molecule has 0 aliphatic rings. The van der Waals surface area contributed by atoms with Crippen LogP contribution in [0.1, 0.15) is 0 Å². The Hall–Kier alpha value is -3.92. The van der Waals surface area contributed by atoms with E-state index in [2.05, 4.69) is 24.9 Å². The summed E-state index contributed by atoms with van der Waals surface area (Å²) in [6, 6.07) is 24.6. The molecule has 5 rings (SSSR count). The fourth-order valence-electron chi connectivity index (χ4n) is 2.43. The number of nitrogens with zero attached hydrogens (tertiary/aromatic N) is 6. The zero-order valence-electron chi connectivity index (χ0n) is 19.0. The summed E-state index contributed by atoms with van der Waals surface area (Å²) in [7, 11) is 0. The maximum Gasteiger partial charge on any atom is 2.00 e. The van der Waals surface area contributed by atoms with E-state index in [0.29, 0.717) is 0 Å². The summed E-state index contributed by atoms with van der Waals surface area (Å²) in [6.07, 6.45) is 10.3. The molecule has 190 valence electrons. The van der Waals surface area contributed by atoms with Gasteiger partial charge in [-0.15, -0.1) is 10.1 Å². The van der Waals surface area contributed by atoms with E-state index in [9.17, 15) is 0 Å². The van der Waals surface area contributed by atoms with Crippen LogP contribution in [0.25, 0.3) is 22.8 Å². The molecule has 5 heterocycles. The van der Waals surface area contributed by atoms with E-state index in [0.717, 1.165) is 32.6 Å². The van der Waals surface area contributed by atoms with E-state index in [1.807, 2.05) is 54.6 Å². The summed E-state index contributed by atoms with van der Waals surface area (Å²) < 4.78 is 0. The van der Waals surface area contributed by atoms with Crippen molar-refractivity contribution in [1.82, 2.24) is 24.9 Å². The molecule has 0 aliphatic carbocycles. The third-order valence-electron chi connectivity index (χ3n) is 3.90. The molecule has 0 unspecified atom stereocenters. The maximum absolute atomic E-state index is 8.36. The molecule has 0 aliphatic heterocycles. The van der Waals surface area contributed by atoms with Crippen LogP contribution in [0.2, 0.25) is 0 Å². The molecule has 0 aromatic carbocycles. The number of rotatable bonds is 2. The van der Waals surface area contributed by atoms with Crippen molar-refractivity contribution in [3.8, 4) is 22.8 Å². The summed E-state index contributed by atoms with van der Waals surface area (Å²) in [4.78, 5) is 30.8. The van der Waals surface area contributed by atoms with Crippen LogP contribution < -0.4 is 0 Å². The molecule has 0 bridgehead atoms. The normalized spacial score (nSPS) is 8.86. The fourth-order valence-corrected chi connectivity index (χ4v) is 2.67. The smallest absolute Gasteiger partial charge is 0.780 e. The third-order valence-corrected chi connectivity index (χ3v) is 4.45. The molecule has 1 N–H and O–H groups in total. The van der Waals surface area contributed by atoms with Crippen molar-refractivity contribution in [3.05, 3.63) is 126 Å². The summed E-state index contributed by atoms with van der Waals surface area (Å²) in [6.45, 7) is 0. The molecule has 37 heavy (non-hydrogen) atoms. The van der Waals surface area contributed by atoms with Crippen LogP contribution in [0.15, 0.2) is 126 Å². The first-order valence-corrected chi connectivity index (χ1v) is 11.0. The van der Waals surface area contributed by atoms with Gasteiger partial charge in [0.1, 0.15) is 0 Å². The molecule has 5 aromatic rings. The second kappa shape index (κ2) is 18.4. The minimum absolute atomic E-state index is 0. The Morgan fingerprint density at radius 2 is 0.946 bits per heavy atom. The van der Waals surface area contributed by atoms with Crippen LogP contribution in [0, 0.1) is 10.1 Å². The van der Waals surface area contributed by atoms with Gasteiger partial charge in [0.2, 0.25) is 0 Å². The van der Waals surface area contributed by atoms with Crippen LogP contribution in [0.3, 0.4) is 0 Å². The first kappa shape index (κ1) is 31.1. The van der Waals surface area contributed by atoms with Crippen LogP contribution in [-0.4, -0.2) is 35.2 Å².